The van der Waals surface area contributed by atoms with E-state index in [9.17, 15) is 14.4 Å². The highest BCUT2D eigenvalue weighted by Crippen LogP contribution is 2.19. The summed E-state index contributed by atoms with van der Waals surface area (Å²) in [6.45, 7) is 6.66. The molecule has 0 heterocycles. The molecule has 0 saturated carbocycles. The van der Waals surface area contributed by atoms with Crippen molar-refractivity contribution in [2.45, 2.75) is 399 Å². The lowest BCUT2D eigenvalue weighted by molar-refractivity contribution is -0.167. The molecule has 6 heteroatoms. The van der Waals surface area contributed by atoms with Crippen molar-refractivity contribution in [3.05, 3.63) is 12.2 Å². The van der Waals surface area contributed by atoms with E-state index in [1.807, 2.05) is 0 Å². The largest absolute Gasteiger partial charge is 0.462 e. The lowest BCUT2D eigenvalue weighted by Gasteiger charge is -2.18. The van der Waals surface area contributed by atoms with Gasteiger partial charge in [0.05, 0.1) is 0 Å². The first kappa shape index (κ1) is 73.2. The molecule has 0 fully saturated rings. The van der Waals surface area contributed by atoms with Crippen molar-refractivity contribution in [1.29, 1.82) is 0 Å². The lowest BCUT2D eigenvalue weighted by atomic mass is 10.0. The van der Waals surface area contributed by atoms with E-state index in [4.69, 9.17) is 14.2 Å². The van der Waals surface area contributed by atoms with Crippen LogP contribution in [0.1, 0.15) is 393 Å². The summed E-state index contributed by atoms with van der Waals surface area (Å²) in [6, 6.07) is 0. The average molecular weight is 1060 g/mol. The summed E-state index contributed by atoms with van der Waals surface area (Å²) in [5.74, 6) is -0.851. The molecule has 0 amide bonds. The number of allylic oxidation sites excluding steroid dienone is 2. The van der Waals surface area contributed by atoms with Gasteiger partial charge < -0.3 is 14.2 Å². The first-order valence-electron chi connectivity index (χ1n) is 34.2. The maximum Gasteiger partial charge on any atom is 0.306 e. The summed E-state index contributed by atoms with van der Waals surface area (Å²) in [4.78, 5) is 38.1. The predicted octanol–water partition coefficient (Wildman–Crippen LogP) is 23.2. The fraction of sp³-hybridized carbons (Fsp3) is 0.928. The maximum absolute atomic E-state index is 12.8. The highest BCUT2D eigenvalue weighted by atomic mass is 16.6. The molecule has 0 aliphatic heterocycles. The van der Waals surface area contributed by atoms with Crippen molar-refractivity contribution in [2.75, 3.05) is 13.2 Å². The Balaban J connectivity index is 3.93. The number of carbonyl (C=O) groups is 3. The first-order chi connectivity index (χ1) is 37.0. The van der Waals surface area contributed by atoms with Gasteiger partial charge in [-0.25, -0.2) is 0 Å². The van der Waals surface area contributed by atoms with E-state index in [1.165, 1.54) is 295 Å². The molecule has 0 N–H and O–H groups in total. The van der Waals surface area contributed by atoms with E-state index in [-0.39, 0.29) is 31.1 Å². The molecule has 0 radical (unpaired) electrons. The van der Waals surface area contributed by atoms with E-state index >= 15 is 0 Å². The van der Waals surface area contributed by atoms with Gasteiger partial charge >= 0.3 is 17.9 Å². The van der Waals surface area contributed by atoms with Crippen LogP contribution >= 0.6 is 0 Å². The monoisotopic (exact) mass is 1060 g/mol. The fourth-order valence-electron chi connectivity index (χ4n) is 10.6. The van der Waals surface area contributed by atoms with Gasteiger partial charge in [0.25, 0.3) is 0 Å². The quantitative estimate of drug-likeness (QED) is 0.0261. The standard InChI is InChI=1S/C69H132O6/c1-4-7-10-13-16-18-20-22-24-26-27-28-29-30-31-32-33-34-35-36-37-38-39-40-41-43-44-46-48-50-53-56-59-62-68(71)74-65-66(64-73-67(70)61-58-55-52-15-12-9-6-3)75-69(72)63-60-57-54-51-49-47-45-42-25-23-21-19-17-14-11-8-5-2/h23,25,66H,4-22,24,26-65H2,1-3H3/b25-23-. The fourth-order valence-corrected chi connectivity index (χ4v) is 10.6. The molecule has 0 aliphatic rings. The summed E-state index contributed by atoms with van der Waals surface area (Å²) >= 11 is 0. The van der Waals surface area contributed by atoms with Crippen molar-refractivity contribution in [2.24, 2.45) is 0 Å². The molecule has 0 bridgehead atoms. The number of unbranched alkanes of at least 4 members (excludes halogenated alkanes) is 51. The molecule has 0 aliphatic carbocycles. The van der Waals surface area contributed by atoms with E-state index in [2.05, 4.69) is 32.9 Å². The first-order valence-corrected chi connectivity index (χ1v) is 34.2. The summed E-state index contributed by atoms with van der Waals surface area (Å²) in [5.41, 5.74) is 0. The minimum Gasteiger partial charge on any atom is -0.462 e. The van der Waals surface area contributed by atoms with Gasteiger partial charge in [-0.1, -0.05) is 341 Å². The number of esters is 3. The number of carbonyl (C=O) groups excluding carboxylic acids is 3. The van der Waals surface area contributed by atoms with Crippen LogP contribution in [-0.4, -0.2) is 37.2 Å². The Morgan fingerprint density at radius 1 is 0.253 bits per heavy atom. The van der Waals surface area contributed by atoms with Crippen LogP contribution in [0.4, 0.5) is 0 Å². The van der Waals surface area contributed by atoms with E-state index in [1.54, 1.807) is 0 Å². The predicted molar refractivity (Wildman–Crippen MR) is 326 cm³/mol. The minimum atomic E-state index is -0.766. The Morgan fingerprint density at radius 3 is 0.667 bits per heavy atom. The van der Waals surface area contributed by atoms with Gasteiger partial charge in [0.1, 0.15) is 13.2 Å². The van der Waals surface area contributed by atoms with Crippen LogP contribution in [0.25, 0.3) is 0 Å². The lowest BCUT2D eigenvalue weighted by Crippen LogP contribution is -2.30. The minimum absolute atomic E-state index is 0.0663. The molecule has 6 nitrogen and oxygen atoms in total. The van der Waals surface area contributed by atoms with Crippen LogP contribution in [0.15, 0.2) is 12.2 Å². The Morgan fingerprint density at radius 2 is 0.440 bits per heavy atom. The highest BCUT2D eigenvalue weighted by Gasteiger charge is 2.19. The van der Waals surface area contributed by atoms with Gasteiger partial charge in [0.15, 0.2) is 6.10 Å². The molecule has 0 spiro atoms. The van der Waals surface area contributed by atoms with E-state index < -0.39 is 6.10 Å². The molecule has 0 aromatic rings. The zero-order chi connectivity index (χ0) is 54.3. The second-order valence-electron chi connectivity index (χ2n) is 23.5. The number of hydrogen-bond acceptors (Lipinski definition) is 6. The molecule has 0 saturated heterocycles. The molecule has 75 heavy (non-hydrogen) atoms. The smallest absolute Gasteiger partial charge is 0.306 e. The summed E-state index contributed by atoms with van der Waals surface area (Å²) in [7, 11) is 0. The number of hydrogen-bond donors (Lipinski definition) is 0. The molecule has 0 aromatic carbocycles. The number of rotatable bonds is 64. The van der Waals surface area contributed by atoms with E-state index in [0.29, 0.717) is 19.3 Å². The van der Waals surface area contributed by atoms with Crippen LogP contribution in [-0.2, 0) is 28.6 Å². The Kier molecular flexibility index (Phi) is 63.1. The SMILES string of the molecule is CCCCCCCC/C=C\CCCCCCCCCC(=O)OC(COC(=O)CCCCCCCCC)COC(=O)CCCCCCCCCCCCCCCCCCCCCCCCCCCCCCCCCCC. The number of ether oxygens (including phenoxy) is 3. The van der Waals surface area contributed by atoms with Gasteiger partial charge in [0, 0.05) is 19.3 Å². The van der Waals surface area contributed by atoms with Crippen molar-refractivity contribution in [3.8, 4) is 0 Å². The van der Waals surface area contributed by atoms with Crippen LogP contribution in [0.2, 0.25) is 0 Å². The van der Waals surface area contributed by atoms with Gasteiger partial charge in [-0.3, -0.25) is 14.4 Å². The summed E-state index contributed by atoms with van der Waals surface area (Å²) in [5, 5.41) is 0. The van der Waals surface area contributed by atoms with E-state index in [0.717, 1.165) is 57.8 Å². The third-order valence-corrected chi connectivity index (χ3v) is 15.8. The second-order valence-corrected chi connectivity index (χ2v) is 23.5. The third-order valence-electron chi connectivity index (χ3n) is 15.8. The summed E-state index contributed by atoms with van der Waals surface area (Å²) < 4.78 is 16.8. The van der Waals surface area contributed by atoms with Gasteiger partial charge in [0.2, 0.25) is 0 Å². The topological polar surface area (TPSA) is 78.9 Å². The van der Waals surface area contributed by atoms with Crippen LogP contribution in [0, 0.1) is 0 Å². The third kappa shape index (κ3) is 62.9. The van der Waals surface area contributed by atoms with Gasteiger partial charge in [-0.15, -0.1) is 0 Å². The van der Waals surface area contributed by atoms with Crippen molar-refractivity contribution >= 4 is 17.9 Å². The highest BCUT2D eigenvalue weighted by molar-refractivity contribution is 5.71. The molecular formula is C69H132O6. The zero-order valence-corrected chi connectivity index (χ0v) is 51.1. The van der Waals surface area contributed by atoms with Crippen LogP contribution in [0.3, 0.4) is 0 Å². The molecule has 0 rings (SSSR count). The molecular weight excluding hydrogens is 925 g/mol. The van der Waals surface area contributed by atoms with Crippen LogP contribution < -0.4 is 0 Å². The van der Waals surface area contributed by atoms with Crippen LogP contribution in [0.5, 0.6) is 0 Å². The van der Waals surface area contributed by atoms with Crippen molar-refractivity contribution in [1.82, 2.24) is 0 Å². The molecule has 0 aromatic heterocycles. The van der Waals surface area contributed by atoms with Crippen molar-refractivity contribution < 1.29 is 28.6 Å². The molecule has 1 atom stereocenters. The summed E-state index contributed by atoms with van der Waals surface area (Å²) in [6.07, 6.45) is 77.1. The van der Waals surface area contributed by atoms with Crippen molar-refractivity contribution in [3.63, 3.8) is 0 Å². The van der Waals surface area contributed by atoms with Gasteiger partial charge in [-0.2, -0.15) is 0 Å². The maximum atomic E-state index is 12.8. The zero-order valence-electron chi connectivity index (χ0n) is 51.1. The van der Waals surface area contributed by atoms with Gasteiger partial charge in [-0.05, 0) is 44.9 Å². The molecule has 444 valence electrons. The Hall–Kier alpha value is -1.85. The second kappa shape index (κ2) is 64.7. The molecule has 1 unspecified atom stereocenters. The normalized spacial score (nSPS) is 12.0. The Labute approximate surface area is 469 Å². The Bertz CT molecular complexity index is 1170. The average Bonchev–Trinajstić information content (AvgIpc) is 3.41.